The maximum Gasteiger partial charge on any atom is 0.260 e. The molecule has 3 rings (SSSR count). The van der Waals surface area contributed by atoms with Crippen molar-refractivity contribution in [3.05, 3.63) is 47.9 Å². The highest BCUT2D eigenvalue weighted by atomic mass is 16.5. The molecule has 1 aliphatic heterocycles. The number of hydrogen-bond donors (Lipinski definition) is 0. The molecule has 0 saturated carbocycles. The van der Waals surface area contributed by atoms with Crippen LogP contribution >= 0.6 is 0 Å². The van der Waals surface area contributed by atoms with Gasteiger partial charge >= 0.3 is 0 Å². The molecule has 132 valence electrons. The molecule has 1 aliphatic rings. The highest BCUT2D eigenvalue weighted by Gasteiger charge is 2.20. The summed E-state index contributed by atoms with van der Waals surface area (Å²) in [5, 5.41) is 0. The summed E-state index contributed by atoms with van der Waals surface area (Å²) in [5.41, 5.74) is 0.968. The first kappa shape index (κ1) is 17.2. The zero-order valence-electron chi connectivity index (χ0n) is 14.8. The van der Waals surface area contributed by atoms with Gasteiger partial charge in [-0.3, -0.25) is 4.79 Å². The third-order valence-electron chi connectivity index (χ3n) is 4.23. The molecule has 6 nitrogen and oxygen atoms in total. The quantitative estimate of drug-likeness (QED) is 0.854. The van der Waals surface area contributed by atoms with Crippen molar-refractivity contribution in [1.29, 1.82) is 0 Å². The van der Waals surface area contributed by atoms with E-state index < -0.39 is 0 Å². The molecule has 0 aliphatic carbocycles. The van der Waals surface area contributed by atoms with Crippen molar-refractivity contribution in [2.75, 3.05) is 37.7 Å². The Hall–Kier alpha value is -2.63. The molecule has 0 unspecified atom stereocenters. The third-order valence-corrected chi connectivity index (χ3v) is 4.23. The van der Waals surface area contributed by atoms with Crippen molar-refractivity contribution in [2.24, 2.45) is 0 Å². The van der Waals surface area contributed by atoms with Gasteiger partial charge in [0.2, 0.25) is 0 Å². The second kappa shape index (κ2) is 7.96. The van der Waals surface area contributed by atoms with E-state index in [9.17, 15) is 4.79 Å². The van der Waals surface area contributed by atoms with Crippen LogP contribution in [0.2, 0.25) is 0 Å². The van der Waals surface area contributed by atoms with Gasteiger partial charge in [0.15, 0.2) is 6.61 Å². The van der Waals surface area contributed by atoms with Crippen LogP contribution in [0.4, 0.5) is 5.82 Å². The summed E-state index contributed by atoms with van der Waals surface area (Å²) in [5.74, 6) is 2.48. The van der Waals surface area contributed by atoms with Gasteiger partial charge < -0.3 is 14.5 Å². The lowest BCUT2D eigenvalue weighted by atomic mass is 10.3. The van der Waals surface area contributed by atoms with Crippen LogP contribution in [-0.4, -0.2) is 53.6 Å². The SMILES string of the molecule is Cc1cc(N2CCCN(C(=O)COc3ccccc3)CC2)nc(C)n1. The van der Waals surface area contributed by atoms with Gasteiger partial charge in [0.25, 0.3) is 5.91 Å². The minimum absolute atomic E-state index is 0.0285. The lowest BCUT2D eigenvalue weighted by molar-refractivity contribution is -0.133. The molecule has 1 aromatic carbocycles. The molecule has 1 aromatic heterocycles. The Morgan fingerprint density at radius 1 is 1.08 bits per heavy atom. The number of anilines is 1. The van der Waals surface area contributed by atoms with E-state index >= 15 is 0 Å². The molecule has 0 N–H and O–H groups in total. The Morgan fingerprint density at radius 3 is 2.64 bits per heavy atom. The van der Waals surface area contributed by atoms with Crippen LogP contribution in [0.5, 0.6) is 5.75 Å². The first-order chi connectivity index (χ1) is 12.1. The largest absolute Gasteiger partial charge is 0.484 e. The highest BCUT2D eigenvalue weighted by Crippen LogP contribution is 2.15. The molecule has 6 heteroatoms. The maximum atomic E-state index is 12.4. The highest BCUT2D eigenvalue weighted by molar-refractivity contribution is 5.77. The Morgan fingerprint density at radius 2 is 1.88 bits per heavy atom. The molecule has 2 heterocycles. The number of carbonyl (C=O) groups is 1. The lowest BCUT2D eigenvalue weighted by Crippen LogP contribution is -2.38. The fourth-order valence-electron chi connectivity index (χ4n) is 3.01. The fraction of sp³-hybridized carbons (Fsp3) is 0.421. The predicted octanol–water partition coefficient (Wildman–Crippen LogP) is 2.21. The number of aryl methyl sites for hydroxylation is 2. The van der Waals surface area contributed by atoms with Gasteiger partial charge in [-0.15, -0.1) is 0 Å². The van der Waals surface area contributed by atoms with Crippen molar-refractivity contribution in [3.8, 4) is 5.75 Å². The van der Waals surface area contributed by atoms with Gasteiger partial charge in [0.05, 0.1) is 0 Å². The van der Waals surface area contributed by atoms with Gasteiger partial charge in [-0.25, -0.2) is 9.97 Å². The Labute approximate surface area is 148 Å². The van der Waals surface area contributed by atoms with E-state index in [1.165, 1.54) is 0 Å². The molecule has 1 fully saturated rings. The van der Waals surface area contributed by atoms with Gasteiger partial charge in [0.1, 0.15) is 17.4 Å². The van der Waals surface area contributed by atoms with Gasteiger partial charge in [-0.1, -0.05) is 18.2 Å². The van der Waals surface area contributed by atoms with E-state index in [2.05, 4.69) is 14.9 Å². The number of ether oxygens (including phenoxy) is 1. The smallest absolute Gasteiger partial charge is 0.260 e. The predicted molar refractivity (Wildman–Crippen MR) is 96.9 cm³/mol. The third kappa shape index (κ3) is 4.68. The van der Waals surface area contributed by atoms with Gasteiger partial charge in [-0.2, -0.15) is 0 Å². The normalized spacial score (nSPS) is 15.0. The monoisotopic (exact) mass is 340 g/mol. The second-order valence-electron chi connectivity index (χ2n) is 6.24. The van der Waals surface area contributed by atoms with Gasteiger partial charge in [-0.05, 0) is 32.4 Å². The standard InChI is InChI=1S/C19H24N4O2/c1-15-13-18(21-16(2)20-15)22-9-6-10-23(12-11-22)19(24)14-25-17-7-4-3-5-8-17/h3-5,7-8,13H,6,9-12,14H2,1-2H3. The summed E-state index contributed by atoms with van der Waals surface area (Å²) in [6.07, 6.45) is 0.916. The molecular weight excluding hydrogens is 316 g/mol. The molecule has 2 aromatic rings. The Bertz CT molecular complexity index is 700. The van der Waals surface area contributed by atoms with Crippen LogP contribution in [0.15, 0.2) is 36.4 Å². The molecule has 1 amide bonds. The van der Waals surface area contributed by atoms with E-state index in [1.54, 1.807) is 0 Å². The van der Waals surface area contributed by atoms with E-state index in [4.69, 9.17) is 4.74 Å². The number of rotatable bonds is 4. The summed E-state index contributed by atoms with van der Waals surface area (Å²) in [6, 6.07) is 11.4. The van der Waals surface area contributed by atoms with Crippen LogP contribution in [0.1, 0.15) is 17.9 Å². The minimum atomic E-state index is 0.0285. The molecule has 0 radical (unpaired) electrons. The van der Waals surface area contributed by atoms with Crippen LogP contribution in [-0.2, 0) is 4.79 Å². The lowest BCUT2D eigenvalue weighted by Gasteiger charge is -2.23. The van der Waals surface area contributed by atoms with Gasteiger partial charge in [0, 0.05) is 37.9 Å². The Kier molecular flexibility index (Phi) is 5.48. The van der Waals surface area contributed by atoms with E-state index in [0.717, 1.165) is 49.1 Å². The van der Waals surface area contributed by atoms with Crippen LogP contribution in [0.3, 0.4) is 0 Å². The first-order valence-electron chi connectivity index (χ1n) is 8.65. The molecule has 0 bridgehead atoms. The molecule has 0 spiro atoms. The van der Waals surface area contributed by atoms with Crippen LogP contribution < -0.4 is 9.64 Å². The second-order valence-corrected chi connectivity index (χ2v) is 6.24. The summed E-state index contributed by atoms with van der Waals surface area (Å²) < 4.78 is 5.58. The summed E-state index contributed by atoms with van der Waals surface area (Å²) in [4.78, 5) is 25.4. The van der Waals surface area contributed by atoms with Crippen LogP contribution in [0, 0.1) is 13.8 Å². The van der Waals surface area contributed by atoms with Crippen molar-refractivity contribution >= 4 is 11.7 Å². The molecule has 1 saturated heterocycles. The molecular formula is C19H24N4O2. The first-order valence-corrected chi connectivity index (χ1v) is 8.65. The number of hydrogen-bond acceptors (Lipinski definition) is 5. The number of nitrogens with zero attached hydrogens (tertiary/aromatic N) is 4. The molecule has 25 heavy (non-hydrogen) atoms. The molecule has 0 atom stereocenters. The summed E-state index contributed by atoms with van der Waals surface area (Å²) >= 11 is 0. The zero-order chi connectivity index (χ0) is 17.6. The Balaban J connectivity index is 1.56. The average molecular weight is 340 g/mol. The van der Waals surface area contributed by atoms with E-state index in [-0.39, 0.29) is 12.5 Å². The number of benzene rings is 1. The van der Waals surface area contributed by atoms with Crippen molar-refractivity contribution in [2.45, 2.75) is 20.3 Å². The average Bonchev–Trinajstić information content (AvgIpc) is 2.86. The van der Waals surface area contributed by atoms with Crippen molar-refractivity contribution in [1.82, 2.24) is 14.9 Å². The maximum absolute atomic E-state index is 12.4. The van der Waals surface area contributed by atoms with Crippen molar-refractivity contribution < 1.29 is 9.53 Å². The fourth-order valence-corrected chi connectivity index (χ4v) is 3.01. The van der Waals surface area contributed by atoms with Crippen LogP contribution in [0.25, 0.3) is 0 Å². The number of para-hydroxylation sites is 1. The minimum Gasteiger partial charge on any atom is -0.484 e. The van der Waals surface area contributed by atoms with Crippen molar-refractivity contribution in [3.63, 3.8) is 0 Å². The van der Waals surface area contributed by atoms with E-state index in [1.807, 2.05) is 55.1 Å². The summed E-state index contributed by atoms with van der Waals surface area (Å²) in [7, 11) is 0. The number of amides is 1. The summed E-state index contributed by atoms with van der Waals surface area (Å²) in [6.45, 7) is 7.05. The number of carbonyl (C=O) groups excluding carboxylic acids is 1. The zero-order valence-corrected chi connectivity index (χ0v) is 14.8. The topological polar surface area (TPSA) is 58.6 Å². The number of aromatic nitrogens is 2. The van der Waals surface area contributed by atoms with E-state index in [0.29, 0.717) is 6.54 Å².